The van der Waals surface area contributed by atoms with Crippen LogP contribution in [0.2, 0.25) is 22.6 Å². The molecule has 1 saturated carbocycles. The second kappa shape index (κ2) is 8.93. The molecule has 1 aromatic carbocycles. The van der Waals surface area contributed by atoms with E-state index in [-0.39, 0.29) is 26.8 Å². The molecule has 1 aliphatic carbocycles. The van der Waals surface area contributed by atoms with E-state index >= 15 is 0 Å². The molecular weight excluding hydrogens is 423 g/mol. The summed E-state index contributed by atoms with van der Waals surface area (Å²) in [5.41, 5.74) is -1.12. The van der Waals surface area contributed by atoms with Crippen LogP contribution in [-0.4, -0.2) is 49.2 Å². The van der Waals surface area contributed by atoms with Gasteiger partial charge in [0.1, 0.15) is 0 Å². The van der Waals surface area contributed by atoms with Crippen molar-refractivity contribution in [3.8, 4) is 0 Å². The molecule has 1 aromatic rings. The third-order valence-electron chi connectivity index (χ3n) is 6.77. The van der Waals surface area contributed by atoms with Crippen LogP contribution in [0, 0.1) is 17.3 Å². The number of carbonyl (C=O) groups excluding carboxylic acids is 2. The van der Waals surface area contributed by atoms with Crippen LogP contribution in [0.1, 0.15) is 27.7 Å². The maximum atomic E-state index is 12.8. The summed E-state index contributed by atoms with van der Waals surface area (Å²) >= 11 is 0.207. The van der Waals surface area contributed by atoms with Crippen LogP contribution in [0.5, 0.6) is 0 Å². The summed E-state index contributed by atoms with van der Waals surface area (Å²) in [4.78, 5) is 25.5. The van der Waals surface area contributed by atoms with Crippen LogP contribution in [0.25, 0.3) is 0 Å². The predicted octanol–water partition coefficient (Wildman–Crippen LogP) is 3.45. The summed E-state index contributed by atoms with van der Waals surface area (Å²) in [5, 5.41) is 0. The van der Waals surface area contributed by atoms with E-state index in [2.05, 4.69) is 45.0 Å². The van der Waals surface area contributed by atoms with Gasteiger partial charge in [0.25, 0.3) is 0 Å². The molecule has 0 aliphatic heterocycles. The Morgan fingerprint density at radius 2 is 1.52 bits per heavy atom. The van der Waals surface area contributed by atoms with E-state index in [1.54, 1.807) is 0 Å². The van der Waals surface area contributed by atoms with Crippen molar-refractivity contribution >= 4 is 39.4 Å². The first kappa shape index (κ1) is 22.2. The van der Waals surface area contributed by atoms with Gasteiger partial charge in [0.15, 0.2) is 0 Å². The molecule has 0 radical (unpaired) electrons. The van der Waals surface area contributed by atoms with E-state index < -0.39 is 25.4 Å². The molecule has 3 atom stereocenters. The van der Waals surface area contributed by atoms with E-state index in [9.17, 15) is 9.59 Å². The van der Waals surface area contributed by atoms with E-state index in [1.165, 1.54) is 36.8 Å². The fourth-order valence-electron chi connectivity index (χ4n) is 4.74. The number of carbonyl (C=O) groups is 2. The van der Waals surface area contributed by atoms with Crippen LogP contribution in [0.15, 0.2) is 30.3 Å². The fraction of sp³-hybridized carbons (Fsp3) is 0.619. The number of benzene rings is 1. The number of ether oxygens (including phenoxy) is 2. The molecular formula is C21H32O4SeSi. The average molecular weight is 456 g/mol. The van der Waals surface area contributed by atoms with E-state index in [1.807, 2.05) is 13.0 Å². The van der Waals surface area contributed by atoms with Crippen molar-refractivity contribution in [2.24, 2.45) is 17.3 Å². The molecule has 0 N–H and O–H groups in total. The maximum absolute atomic E-state index is 12.8. The zero-order valence-corrected chi connectivity index (χ0v) is 20.0. The summed E-state index contributed by atoms with van der Waals surface area (Å²) in [6.07, 6.45) is 0. The molecule has 1 aliphatic rings. The van der Waals surface area contributed by atoms with Crippen LogP contribution >= 0.6 is 0 Å². The molecule has 0 saturated heterocycles. The van der Waals surface area contributed by atoms with Crippen molar-refractivity contribution in [2.75, 3.05) is 14.2 Å². The van der Waals surface area contributed by atoms with Crippen molar-refractivity contribution in [1.29, 1.82) is 0 Å². The minimum atomic E-state index is -1.67. The standard InChI is InChI=1S/C21H32O4SeSi/c1-7-27(8-2,9-3)18(26-16-13-11-10-12-14-16)17-15(4)21(17,19(22)24-5)20(23)25-6/h10-15,17-18H,7-9H2,1-6H3/t15-,17-,18-/m0/s1. The van der Waals surface area contributed by atoms with Gasteiger partial charge in [-0.25, -0.2) is 0 Å². The number of methoxy groups -OCH3 is 2. The second-order valence-electron chi connectivity index (χ2n) is 7.44. The monoisotopic (exact) mass is 456 g/mol. The zero-order valence-electron chi connectivity index (χ0n) is 17.3. The summed E-state index contributed by atoms with van der Waals surface area (Å²) in [6, 6.07) is 14.0. The average Bonchev–Trinajstić information content (AvgIpc) is 3.33. The Morgan fingerprint density at radius 3 is 1.93 bits per heavy atom. The van der Waals surface area contributed by atoms with Gasteiger partial charge in [0, 0.05) is 0 Å². The Labute approximate surface area is 170 Å². The molecule has 4 nitrogen and oxygen atoms in total. The molecule has 0 unspecified atom stereocenters. The predicted molar refractivity (Wildman–Crippen MR) is 112 cm³/mol. The van der Waals surface area contributed by atoms with Gasteiger partial charge in [-0.15, -0.1) is 0 Å². The van der Waals surface area contributed by atoms with Crippen molar-refractivity contribution in [3.63, 3.8) is 0 Å². The summed E-state index contributed by atoms with van der Waals surface area (Å²) < 4.78 is 11.9. The molecule has 0 heterocycles. The third-order valence-corrected chi connectivity index (χ3v) is 18.6. The van der Waals surface area contributed by atoms with Crippen molar-refractivity contribution in [3.05, 3.63) is 30.3 Å². The van der Waals surface area contributed by atoms with Gasteiger partial charge in [-0.05, 0) is 0 Å². The van der Waals surface area contributed by atoms with Gasteiger partial charge in [-0.2, -0.15) is 0 Å². The summed E-state index contributed by atoms with van der Waals surface area (Å²) in [6.45, 7) is 8.89. The van der Waals surface area contributed by atoms with E-state index in [0.717, 1.165) is 0 Å². The van der Waals surface area contributed by atoms with Crippen LogP contribution < -0.4 is 4.46 Å². The molecule has 0 bridgehead atoms. The molecule has 0 amide bonds. The van der Waals surface area contributed by atoms with Gasteiger partial charge in [-0.3, -0.25) is 0 Å². The first-order chi connectivity index (χ1) is 12.9. The number of hydrogen-bond donors (Lipinski definition) is 0. The van der Waals surface area contributed by atoms with Gasteiger partial charge in [0.05, 0.1) is 0 Å². The van der Waals surface area contributed by atoms with Gasteiger partial charge in [0.2, 0.25) is 0 Å². The van der Waals surface area contributed by atoms with Crippen molar-refractivity contribution in [2.45, 2.75) is 50.3 Å². The van der Waals surface area contributed by atoms with Gasteiger partial charge >= 0.3 is 171 Å². The zero-order chi connectivity index (χ0) is 20.2. The third kappa shape index (κ3) is 3.64. The van der Waals surface area contributed by atoms with Crippen LogP contribution in [-0.2, 0) is 19.1 Å². The number of rotatable bonds is 9. The normalized spacial score (nSPS) is 22.0. The fourth-order valence-corrected chi connectivity index (χ4v) is 17.0. The van der Waals surface area contributed by atoms with E-state index in [4.69, 9.17) is 9.47 Å². The quantitative estimate of drug-likeness (QED) is 0.325. The Morgan fingerprint density at radius 1 is 1.04 bits per heavy atom. The molecule has 150 valence electrons. The molecule has 2 rings (SSSR count). The Balaban J connectivity index is 2.53. The Kier molecular flexibility index (Phi) is 7.34. The molecule has 0 aromatic heterocycles. The Hall–Kier alpha value is -1.10. The van der Waals surface area contributed by atoms with Crippen LogP contribution in [0.3, 0.4) is 0 Å². The number of esters is 2. The van der Waals surface area contributed by atoms with Gasteiger partial charge in [-0.1, -0.05) is 0 Å². The van der Waals surface area contributed by atoms with Crippen molar-refractivity contribution in [1.82, 2.24) is 0 Å². The Bertz CT molecular complexity index is 635. The molecule has 6 heteroatoms. The summed E-state index contributed by atoms with van der Waals surface area (Å²) in [5.74, 6) is -0.868. The van der Waals surface area contributed by atoms with Crippen LogP contribution in [0.4, 0.5) is 0 Å². The van der Waals surface area contributed by atoms with Crippen molar-refractivity contribution < 1.29 is 19.1 Å². The second-order valence-corrected chi connectivity index (χ2v) is 16.4. The number of hydrogen-bond acceptors (Lipinski definition) is 4. The first-order valence-electron chi connectivity index (χ1n) is 9.78. The van der Waals surface area contributed by atoms with Gasteiger partial charge < -0.3 is 0 Å². The SMILES string of the molecule is CC[Si](CC)(CC)[C@H]([Se]c1ccccc1)[C@@H]1[C@H](C)C1(C(=O)OC)C(=O)OC. The summed E-state index contributed by atoms with van der Waals surface area (Å²) in [7, 11) is 1.08. The van der Waals surface area contributed by atoms with E-state index in [0.29, 0.717) is 4.44 Å². The molecule has 27 heavy (non-hydrogen) atoms. The topological polar surface area (TPSA) is 52.6 Å². The molecule has 0 spiro atoms. The molecule has 1 fully saturated rings. The minimum absolute atomic E-state index is 0.0177. The first-order valence-corrected chi connectivity index (χ1v) is 14.3.